The monoisotopic (exact) mass is 358 g/mol. The number of likely N-dealkylation sites (N-methyl/N-ethyl adjacent to an activating group) is 1. The van der Waals surface area contributed by atoms with E-state index in [4.69, 9.17) is 9.47 Å². The summed E-state index contributed by atoms with van der Waals surface area (Å²) in [4.78, 5) is 29.0. The highest BCUT2D eigenvalue weighted by Crippen LogP contribution is 2.32. The molecule has 0 aromatic heterocycles. The lowest BCUT2D eigenvalue weighted by Crippen LogP contribution is -2.40. The van der Waals surface area contributed by atoms with Crippen molar-refractivity contribution in [2.45, 2.75) is 20.8 Å². The molecular formula is C20H26N2O4. The molecule has 6 nitrogen and oxygen atoms in total. The molecule has 140 valence electrons. The molecule has 2 aliphatic rings. The summed E-state index contributed by atoms with van der Waals surface area (Å²) in [6.07, 6.45) is 0. The summed E-state index contributed by atoms with van der Waals surface area (Å²) >= 11 is 0. The van der Waals surface area contributed by atoms with Crippen LogP contribution in [-0.4, -0.2) is 61.1 Å². The van der Waals surface area contributed by atoms with Crippen molar-refractivity contribution in [1.29, 1.82) is 0 Å². The number of carbonyl (C=O) groups excluding carboxylic acids is 2. The molecular weight excluding hydrogens is 332 g/mol. The third kappa shape index (κ3) is 3.60. The van der Waals surface area contributed by atoms with E-state index in [-0.39, 0.29) is 11.8 Å². The summed E-state index contributed by atoms with van der Waals surface area (Å²) in [5.41, 5.74) is 1.72. The quantitative estimate of drug-likeness (QED) is 0.730. The number of hydrogen-bond acceptors (Lipinski definition) is 5. The lowest BCUT2D eigenvalue weighted by Gasteiger charge is -2.29. The molecule has 3 rings (SSSR count). The number of amides is 2. The number of nitrogens with zero attached hydrogens (tertiary/aromatic N) is 2. The van der Waals surface area contributed by atoms with Gasteiger partial charge in [0.1, 0.15) is 11.4 Å². The highest BCUT2D eigenvalue weighted by molar-refractivity contribution is 6.35. The first-order valence-electron chi connectivity index (χ1n) is 9.19. The average molecular weight is 358 g/mol. The number of morpholine rings is 1. The smallest absolute Gasteiger partial charge is 0.277 e. The van der Waals surface area contributed by atoms with E-state index in [1.54, 1.807) is 0 Å². The van der Waals surface area contributed by atoms with E-state index < -0.39 is 0 Å². The SMILES string of the molecule is CCN1C(=O)C(c2ccc(OCC(C)C)cc2)=C(N2CCOCC2)C1=O. The van der Waals surface area contributed by atoms with Crippen molar-refractivity contribution in [2.24, 2.45) is 5.92 Å². The number of hydrogen-bond donors (Lipinski definition) is 0. The largest absolute Gasteiger partial charge is 0.493 e. The Labute approximate surface area is 154 Å². The van der Waals surface area contributed by atoms with Crippen LogP contribution in [0.4, 0.5) is 0 Å². The molecule has 2 heterocycles. The van der Waals surface area contributed by atoms with E-state index in [0.717, 1.165) is 11.3 Å². The maximum Gasteiger partial charge on any atom is 0.277 e. The van der Waals surface area contributed by atoms with Crippen molar-refractivity contribution in [3.8, 4) is 5.75 Å². The van der Waals surface area contributed by atoms with Crippen LogP contribution in [0.2, 0.25) is 0 Å². The lowest BCUT2D eigenvalue weighted by molar-refractivity contribution is -0.137. The van der Waals surface area contributed by atoms with Gasteiger partial charge in [0, 0.05) is 19.6 Å². The molecule has 0 saturated carbocycles. The van der Waals surface area contributed by atoms with Gasteiger partial charge in [0.05, 0.1) is 25.4 Å². The van der Waals surface area contributed by atoms with Gasteiger partial charge in [-0.05, 0) is 30.5 Å². The molecule has 2 amide bonds. The van der Waals surface area contributed by atoms with Gasteiger partial charge >= 0.3 is 0 Å². The van der Waals surface area contributed by atoms with Crippen molar-refractivity contribution in [2.75, 3.05) is 39.5 Å². The second-order valence-corrected chi connectivity index (χ2v) is 6.91. The zero-order chi connectivity index (χ0) is 18.7. The molecule has 1 fully saturated rings. The van der Waals surface area contributed by atoms with Crippen molar-refractivity contribution in [1.82, 2.24) is 9.80 Å². The van der Waals surface area contributed by atoms with Gasteiger partial charge in [-0.25, -0.2) is 0 Å². The number of ether oxygens (including phenoxy) is 2. The highest BCUT2D eigenvalue weighted by atomic mass is 16.5. The van der Waals surface area contributed by atoms with Gasteiger partial charge in [0.15, 0.2) is 0 Å². The van der Waals surface area contributed by atoms with Crippen molar-refractivity contribution < 1.29 is 19.1 Å². The highest BCUT2D eigenvalue weighted by Gasteiger charge is 2.40. The van der Waals surface area contributed by atoms with E-state index >= 15 is 0 Å². The lowest BCUT2D eigenvalue weighted by atomic mass is 10.0. The zero-order valence-corrected chi connectivity index (χ0v) is 15.7. The predicted octanol–water partition coefficient (Wildman–Crippen LogP) is 2.15. The first kappa shape index (κ1) is 18.5. The Bertz CT molecular complexity index is 703. The predicted molar refractivity (Wildman–Crippen MR) is 98.5 cm³/mol. The summed E-state index contributed by atoms with van der Waals surface area (Å²) in [5.74, 6) is 0.766. The molecule has 0 spiro atoms. The third-order valence-electron chi connectivity index (χ3n) is 4.51. The second-order valence-electron chi connectivity index (χ2n) is 6.91. The summed E-state index contributed by atoms with van der Waals surface area (Å²) in [6, 6.07) is 7.42. The van der Waals surface area contributed by atoms with Crippen molar-refractivity contribution in [3.63, 3.8) is 0 Å². The Kier molecular flexibility index (Phi) is 5.61. The molecule has 0 atom stereocenters. The number of rotatable bonds is 6. The van der Waals surface area contributed by atoms with Gasteiger partial charge in [0.25, 0.3) is 11.8 Å². The molecule has 0 bridgehead atoms. The molecule has 2 aliphatic heterocycles. The molecule has 0 radical (unpaired) electrons. The molecule has 26 heavy (non-hydrogen) atoms. The van der Waals surface area contributed by atoms with Gasteiger partial charge in [-0.2, -0.15) is 0 Å². The maximum absolute atomic E-state index is 12.9. The number of carbonyl (C=O) groups is 2. The van der Waals surface area contributed by atoms with Gasteiger partial charge < -0.3 is 14.4 Å². The summed E-state index contributed by atoms with van der Waals surface area (Å²) in [6.45, 7) is 9.37. The summed E-state index contributed by atoms with van der Waals surface area (Å²) in [5, 5.41) is 0. The Morgan fingerprint density at radius 2 is 1.73 bits per heavy atom. The maximum atomic E-state index is 12.9. The fourth-order valence-corrected chi connectivity index (χ4v) is 3.17. The van der Waals surface area contributed by atoms with E-state index in [1.165, 1.54) is 4.90 Å². The fraction of sp³-hybridized carbons (Fsp3) is 0.500. The molecule has 1 saturated heterocycles. The van der Waals surface area contributed by atoms with E-state index in [2.05, 4.69) is 13.8 Å². The minimum absolute atomic E-state index is 0.213. The van der Waals surface area contributed by atoms with Gasteiger partial charge in [0.2, 0.25) is 0 Å². The second kappa shape index (κ2) is 7.91. The van der Waals surface area contributed by atoms with Crippen LogP contribution in [0.5, 0.6) is 5.75 Å². The van der Waals surface area contributed by atoms with E-state index in [1.807, 2.05) is 36.1 Å². The van der Waals surface area contributed by atoms with Crippen molar-refractivity contribution >= 4 is 17.4 Å². The minimum Gasteiger partial charge on any atom is -0.493 e. The molecule has 1 aromatic carbocycles. The Balaban J connectivity index is 1.93. The number of benzene rings is 1. The first-order chi connectivity index (χ1) is 12.5. The van der Waals surface area contributed by atoms with Crippen LogP contribution in [-0.2, 0) is 14.3 Å². The van der Waals surface area contributed by atoms with Crippen LogP contribution in [0.15, 0.2) is 30.0 Å². The fourth-order valence-electron chi connectivity index (χ4n) is 3.17. The summed E-state index contributed by atoms with van der Waals surface area (Å²) in [7, 11) is 0. The Hall–Kier alpha value is -2.34. The number of imide groups is 1. The Morgan fingerprint density at radius 1 is 1.08 bits per heavy atom. The minimum atomic E-state index is -0.227. The molecule has 0 aliphatic carbocycles. The molecule has 6 heteroatoms. The zero-order valence-electron chi connectivity index (χ0n) is 15.7. The van der Waals surface area contributed by atoms with Gasteiger partial charge in [-0.3, -0.25) is 14.5 Å². The molecule has 1 aromatic rings. The van der Waals surface area contributed by atoms with E-state index in [9.17, 15) is 9.59 Å². The third-order valence-corrected chi connectivity index (χ3v) is 4.51. The van der Waals surface area contributed by atoms with Gasteiger partial charge in [-0.1, -0.05) is 26.0 Å². The average Bonchev–Trinajstić information content (AvgIpc) is 2.91. The van der Waals surface area contributed by atoms with E-state index in [0.29, 0.717) is 56.6 Å². The standard InChI is InChI=1S/C20H26N2O4/c1-4-22-19(23)17(18(20(22)24)21-9-11-25-12-10-21)15-5-7-16(8-6-15)26-13-14(2)3/h5-8,14H,4,9-13H2,1-3H3. The topological polar surface area (TPSA) is 59.1 Å². The van der Waals surface area contributed by atoms with Crippen LogP contribution in [0.1, 0.15) is 26.3 Å². The van der Waals surface area contributed by atoms with Gasteiger partial charge in [-0.15, -0.1) is 0 Å². The van der Waals surface area contributed by atoms with Crippen LogP contribution in [0.25, 0.3) is 5.57 Å². The van der Waals surface area contributed by atoms with Crippen molar-refractivity contribution in [3.05, 3.63) is 35.5 Å². The van der Waals surface area contributed by atoms with Crippen LogP contribution in [0, 0.1) is 5.92 Å². The van der Waals surface area contributed by atoms with Crippen LogP contribution >= 0.6 is 0 Å². The Morgan fingerprint density at radius 3 is 2.31 bits per heavy atom. The first-order valence-corrected chi connectivity index (χ1v) is 9.19. The van der Waals surface area contributed by atoms with Crippen LogP contribution < -0.4 is 4.74 Å². The molecule has 0 N–H and O–H groups in total. The van der Waals surface area contributed by atoms with Crippen LogP contribution in [0.3, 0.4) is 0 Å². The summed E-state index contributed by atoms with van der Waals surface area (Å²) < 4.78 is 11.1. The molecule has 0 unspecified atom stereocenters. The normalized spacial score (nSPS) is 18.3.